The van der Waals surface area contributed by atoms with E-state index in [1.165, 1.54) is 32.1 Å². The number of imidazole rings is 1. The summed E-state index contributed by atoms with van der Waals surface area (Å²) in [4.78, 5) is 18.6. The summed E-state index contributed by atoms with van der Waals surface area (Å²) in [5, 5.41) is 3.10. The smallest absolute Gasteiger partial charge is 0.317 e. The van der Waals surface area contributed by atoms with Crippen LogP contribution in [0.5, 0.6) is 0 Å². The van der Waals surface area contributed by atoms with Gasteiger partial charge in [-0.25, -0.2) is 9.78 Å². The van der Waals surface area contributed by atoms with E-state index in [1.54, 1.807) is 6.33 Å². The zero-order valence-corrected chi connectivity index (χ0v) is 13.4. The molecule has 2 atom stereocenters. The first-order valence-electron chi connectivity index (χ1n) is 8.39. The summed E-state index contributed by atoms with van der Waals surface area (Å²) >= 11 is 0. The Morgan fingerprint density at radius 2 is 2.14 bits per heavy atom. The minimum absolute atomic E-state index is 0.0273. The van der Waals surface area contributed by atoms with Gasteiger partial charge < -0.3 is 20.5 Å². The summed E-state index contributed by atoms with van der Waals surface area (Å²) < 4.78 is 1.92. The maximum atomic E-state index is 12.3. The van der Waals surface area contributed by atoms with Gasteiger partial charge in [-0.05, 0) is 18.8 Å². The average molecular weight is 305 g/mol. The molecule has 1 saturated heterocycles. The lowest BCUT2D eigenvalue weighted by Crippen LogP contribution is -2.41. The first kappa shape index (κ1) is 15.3. The summed E-state index contributed by atoms with van der Waals surface area (Å²) in [6.45, 7) is 2.07. The highest BCUT2D eigenvalue weighted by Crippen LogP contribution is 2.26. The Morgan fingerprint density at radius 3 is 2.82 bits per heavy atom. The second kappa shape index (κ2) is 6.69. The summed E-state index contributed by atoms with van der Waals surface area (Å²) in [5.74, 6) is 0.794. The number of nitrogens with zero attached hydrogens (tertiary/aromatic N) is 3. The number of hydrogen-bond acceptors (Lipinski definition) is 3. The maximum Gasteiger partial charge on any atom is 0.317 e. The largest absolute Gasteiger partial charge is 0.340 e. The lowest BCUT2D eigenvalue weighted by atomic mass is 9.89. The SMILES string of the molecule is Cn1cnc([C@@H]2CN(C(=O)NCC3CCCCC3)C[C@H]2N)c1. The molecule has 1 aliphatic carbocycles. The zero-order chi connectivity index (χ0) is 15.5. The number of likely N-dealkylation sites (tertiary alicyclic amines) is 1. The first-order valence-corrected chi connectivity index (χ1v) is 8.39. The second-order valence-corrected chi connectivity index (χ2v) is 6.83. The van der Waals surface area contributed by atoms with Gasteiger partial charge in [0.05, 0.1) is 12.0 Å². The molecule has 2 aliphatic rings. The van der Waals surface area contributed by atoms with Crippen molar-refractivity contribution in [3.05, 3.63) is 18.2 Å². The summed E-state index contributed by atoms with van der Waals surface area (Å²) in [6.07, 6.45) is 10.2. The van der Waals surface area contributed by atoms with Gasteiger partial charge in [0.1, 0.15) is 0 Å². The summed E-state index contributed by atoms with van der Waals surface area (Å²) in [7, 11) is 1.95. The van der Waals surface area contributed by atoms with Gasteiger partial charge in [-0.1, -0.05) is 19.3 Å². The highest BCUT2D eigenvalue weighted by molar-refractivity contribution is 5.74. The predicted molar refractivity (Wildman–Crippen MR) is 85.5 cm³/mol. The fourth-order valence-electron chi connectivity index (χ4n) is 3.67. The molecular weight excluding hydrogens is 278 g/mol. The number of nitrogens with one attached hydrogen (secondary N) is 1. The quantitative estimate of drug-likeness (QED) is 0.887. The van der Waals surface area contributed by atoms with Crippen molar-refractivity contribution in [3.8, 4) is 0 Å². The van der Waals surface area contributed by atoms with Crippen molar-refractivity contribution in [1.82, 2.24) is 19.8 Å². The molecule has 0 aromatic carbocycles. The van der Waals surface area contributed by atoms with E-state index in [9.17, 15) is 4.79 Å². The van der Waals surface area contributed by atoms with E-state index in [0.29, 0.717) is 19.0 Å². The van der Waals surface area contributed by atoms with Crippen LogP contribution in [0.4, 0.5) is 4.79 Å². The lowest BCUT2D eigenvalue weighted by molar-refractivity contribution is 0.203. The van der Waals surface area contributed by atoms with Gasteiger partial charge in [-0.3, -0.25) is 0 Å². The van der Waals surface area contributed by atoms with Gasteiger partial charge in [0, 0.05) is 44.8 Å². The molecule has 2 amide bonds. The molecule has 0 unspecified atom stereocenters. The number of nitrogens with two attached hydrogens (primary N) is 1. The molecule has 6 nitrogen and oxygen atoms in total. The van der Waals surface area contributed by atoms with E-state index in [2.05, 4.69) is 10.3 Å². The third-order valence-electron chi connectivity index (χ3n) is 5.02. The van der Waals surface area contributed by atoms with E-state index >= 15 is 0 Å². The molecule has 0 spiro atoms. The normalized spacial score (nSPS) is 26.4. The predicted octanol–water partition coefficient (Wildman–Crippen LogP) is 1.44. The van der Waals surface area contributed by atoms with Crippen molar-refractivity contribution in [1.29, 1.82) is 0 Å². The van der Waals surface area contributed by atoms with Crippen molar-refractivity contribution in [2.75, 3.05) is 19.6 Å². The molecule has 1 saturated carbocycles. The standard InChI is InChI=1S/C16H27N5O/c1-20-10-15(19-11-20)13-8-21(9-14(13)17)16(22)18-7-12-5-3-2-4-6-12/h10-14H,2-9,17H2,1H3,(H,18,22)/t13-,14-/m1/s1. The molecule has 1 aromatic rings. The van der Waals surface area contributed by atoms with Crippen molar-refractivity contribution in [3.63, 3.8) is 0 Å². The Hall–Kier alpha value is -1.56. The Balaban J connectivity index is 1.51. The average Bonchev–Trinajstić information content (AvgIpc) is 3.11. The molecule has 2 fully saturated rings. The zero-order valence-electron chi connectivity index (χ0n) is 13.4. The molecule has 1 aromatic heterocycles. The van der Waals surface area contributed by atoms with Gasteiger partial charge in [-0.15, -0.1) is 0 Å². The molecule has 0 radical (unpaired) electrons. The van der Waals surface area contributed by atoms with Crippen LogP contribution in [0.3, 0.4) is 0 Å². The van der Waals surface area contributed by atoms with Crippen LogP contribution < -0.4 is 11.1 Å². The number of carbonyl (C=O) groups excluding carboxylic acids is 1. The molecular formula is C16H27N5O. The second-order valence-electron chi connectivity index (χ2n) is 6.83. The van der Waals surface area contributed by atoms with Gasteiger partial charge >= 0.3 is 6.03 Å². The van der Waals surface area contributed by atoms with E-state index in [0.717, 1.165) is 12.2 Å². The number of urea groups is 1. The Labute approximate surface area is 132 Å². The highest BCUT2D eigenvalue weighted by atomic mass is 16.2. The van der Waals surface area contributed by atoms with Crippen LogP contribution in [-0.4, -0.2) is 46.2 Å². The number of carbonyl (C=O) groups is 1. The van der Waals surface area contributed by atoms with Crippen LogP contribution in [0.2, 0.25) is 0 Å². The first-order chi connectivity index (χ1) is 10.6. The fraction of sp³-hybridized carbons (Fsp3) is 0.750. The van der Waals surface area contributed by atoms with Crippen molar-refractivity contribution < 1.29 is 4.79 Å². The van der Waals surface area contributed by atoms with Crippen LogP contribution >= 0.6 is 0 Å². The van der Waals surface area contributed by atoms with Crippen LogP contribution in [-0.2, 0) is 7.05 Å². The summed E-state index contributed by atoms with van der Waals surface area (Å²) in [6, 6.07) is -0.00483. The molecule has 2 heterocycles. The molecule has 1 aliphatic heterocycles. The highest BCUT2D eigenvalue weighted by Gasteiger charge is 2.35. The van der Waals surface area contributed by atoms with Gasteiger partial charge in [0.25, 0.3) is 0 Å². The van der Waals surface area contributed by atoms with Crippen molar-refractivity contribution in [2.45, 2.75) is 44.1 Å². The number of aryl methyl sites for hydroxylation is 1. The molecule has 0 bridgehead atoms. The van der Waals surface area contributed by atoms with Crippen LogP contribution in [0.25, 0.3) is 0 Å². The Kier molecular flexibility index (Phi) is 4.66. The van der Waals surface area contributed by atoms with Crippen LogP contribution in [0, 0.1) is 5.92 Å². The van der Waals surface area contributed by atoms with Crippen LogP contribution in [0.15, 0.2) is 12.5 Å². The number of amides is 2. The fourth-order valence-corrected chi connectivity index (χ4v) is 3.67. The summed E-state index contributed by atoms with van der Waals surface area (Å²) in [5.41, 5.74) is 7.20. The Bertz CT molecular complexity index is 508. The number of aromatic nitrogens is 2. The van der Waals surface area contributed by atoms with E-state index in [-0.39, 0.29) is 18.0 Å². The van der Waals surface area contributed by atoms with Crippen molar-refractivity contribution in [2.24, 2.45) is 18.7 Å². The van der Waals surface area contributed by atoms with Gasteiger partial charge in [0.15, 0.2) is 0 Å². The monoisotopic (exact) mass is 305 g/mol. The molecule has 22 heavy (non-hydrogen) atoms. The van der Waals surface area contributed by atoms with Crippen molar-refractivity contribution >= 4 is 6.03 Å². The number of rotatable bonds is 3. The van der Waals surface area contributed by atoms with Crippen LogP contribution in [0.1, 0.15) is 43.7 Å². The maximum absolute atomic E-state index is 12.3. The molecule has 6 heteroatoms. The minimum Gasteiger partial charge on any atom is -0.340 e. The Morgan fingerprint density at radius 1 is 1.36 bits per heavy atom. The van der Waals surface area contributed by atoms with E-state index < -0.39 is 0 Å². The van der Waals surface area contributed by atoms with Gasteiger partial charge in [0.2, 0.25) is 0 Å². The van der Waals surface area contributed by atoms with E-state index in [1.807, 2.05) is 22.7 Å². The van der Waals surface area contributed by atoms with E-state index in [4.69, 9.17) is 5.73 Å². The molecule has 3 N–H and O–H groups in total. The molecule has 122 valence electrons. The lowest BCUT2D eigenvalue weighted by Gasteiger charge is -2.24. The molecule has 3 rings (SSSR count). The third-order valence-corrected chi connectivity index (χ3v) is 5.02. The topological polar surface area (TPSA) is 76.2 Å². The number of hydrogen-bond donors (Lipinski definition) is 2. The third kappa shape index (κ3) is 3.43. The minimum atomic E-state index is -0.0321. The van der Waals surface area contributed by atoms with Gasteiger partial charge in [-0.2, -0.15) is 0 Å².